The van der Waals surface area contributed by atoms with Gasteiger partial charge in [-0.05, 0) is 37.7 Å². The summed E-state index contributed by atoms with van der Waals surface area (Å²) in [4.78, 5) is 2.28. The van der Waals surface area contributed by atoms with Crippen LogP contribution in [0.2, 0.25) is 0 Å². The SMILES string of the molecule is CCNC(CC)c1ccc(OCC2CN(C)CCO2)cc1. The number of nitrogens with one attached hydrogen (secondary N) is 1. The van der Waals surface area contributed by atoms with Crippen LogP contribution < -0.4 is 10.1 Å². The standard InChI is InChI=1S/C17H28N2O2/c1-4-17(18-5-2)14-6-8-15(9-7-14)21-13-16-12-19(3)10-11-20-16/h6-9,16-18H,4-5,10-13H2,1-3H3. The van der Waals surface area contributed by atoms with Crippen LogP contribution in [0.25, 0.3) is 0 Å². The molecule has 118 valence electrons. The molecular formula is C17H28N2O2. The van der Waals surface area contributed by atoms with Crippen LogP contribution in [0.1, 0.15) is 31.9 Å². The fraction of sp³-hybridized carbons (Fsp3) is 0.647. The maximum atomic E-state index is 5.85. The first kappa shape index (κ1) is 16.3. The van der Waals surface area contributed by atoms with Crippen LogP contribution in [-0.2, 0) is 4.74 Å². The molecule has 1 aliphatic heterocycles. The Kier molecular flexibility index (Phi) is 6.49. The number of nitrogens with zero attached hydrogens (tertiary/aromatic N) is 1. The van der Waals surface area contributed by atoms with Gasteiger partial charge in [0.15, 0.2) is 0 Å². The van der Waals surface area contributed by atoms with Crippen molar-refractivity contribution in [2.75, 3.05) is 39.9 Å². The molecule has 2 rings (SSSR count). The average Bonchev–Trinajstić information content (AvgIpc) is 2.51. The fourth-order valence-electron chi connectivity index (χ4n) is 2.70. The first-order valence-electron chi connectivity index (χ1n) is 7.99. The fourth-order valence-corrected chi connectivity index (χ4v) is 2.70. The lowest BCUT2D eigenvalue weighted by Gasteiger charge is -2.29. The highest BCUT2D eigenvalue weighted by atomic mass is 16.5. The van der Waals surface area contributed by atoms with Crippen molar-refractivity contribution in [1.82, 2.24) is 10.2 Å². The van der Waals surface area contributed by atoms with Crippen LogP contribution in [0.4, 0.5) is 0 Å². The second-order valence-corrected chi connectivity index (χ2v) is 5.65. The van der Waals surface area contributed by atoms with Crippen molar-refractivity contribution in [2.24, 2.45) is 0 Å². The minimum atomic E-state index is 0.175. The molecule has 1 fully saturated rings. The number of rotatable bonds is 7. The van der Waals surface area contributed by atoms with Gasteiger partial charge < -0.3 is 19.7 Å². The monoisotopic (exact) mass is 292 g/mol. The summed E-state index contributed by atoms with van der Waals surface area (Å²) in [5.41, 5.74) is 1.32. The van der Waals surface area contributed by atoms with E-state index in [4.69, 9.17) is 9.47 Å². The molecule has 4 heteroatoms. The van der Waals surface area contributed by atoms with Gasteiger partial charge in [0.25, 0.3) is 0 Å². The predicted octanol–water partition coefficient (Wildman–Crippen LogP) is 2.46. The van der Waals surface area contributed by atoms with Crippen LogP contribution in [-0.4, -0.2) is 50.9 Å². The number of ether oxygens (including phenoxy) is 2. The van der Waals surface area contributed by atoms with Gasteiger partial charge in [0, 0.05) is 19.1 Å². The Hall–Kier alpha value is -1.10. The third-order valence-corrected chi connectivity index (χ3v) is 3.92. The summed E-state index contributed by atoms with van der Waals surface area (Å²) in [7, 11) is 2.12. The van der Waals surface area contributed by atoms with Crippen molar-refractivity contribution in [1.29, 1.82) is 0 Å². The first-order valence-corrected chi connectivity index (χ1v) is 7.99. The molecule has 0 amide bonds. The minimum Gasteiger partial charge on any atom is -0.491 e. The molecule has 4 nitrogen and oxygen atoms in total. The van der Waals surface area contributed by atoms with Gasteiger partial charge >= 0.3 is 0 Å². The molecule has 2 atom stereocenters. The van der Waals surface area contributed by atoms with E-state index in [0.29, 0.717) is 12.6 Å². The van der Waals surface area contributed by atoms with Gasteiger partial charge in [-0.3, -0.25) is 0 Å². The average molecular weight is 292 g/mol. The number of likely N-dealkylation sites (N-methyl/N-ethyl adjacent to an activating group) is 1. The molecule has 1 saturated heterocycles. The van der Waals surface area contributed by atoms with E-state index in [0.717, 1.165) is 38.4 Å². The van der Waals surface area contributed by atoms with Crippen molar-refractivity contribution in [3.05, 3.63) is 29.8 Å². The lowest BCUT2D eigenvalue weighted by atomic mass is 10.0. The zero-order valence-corrected chi connectivity index (χ0v) is 13.5. The van der Waals surface area contributed by atoms with Crippen LogP contribution in [0.3, 0.4) is 0 Å². The van der Waals surface area contributed by atoms with E-state index in [-0.39, 0.29) is 6.10 Å². The van der Waals surface area contributed by atoms with Crippen LogP contribution in [0.15, 0.2) is 24.3 Å². The Labute approximate surface area is 128 Å². The smallest absolute Gasteiger partial charge is 0.119 e. The maximum absolute atomic E-state index is 5.85. The molecule has 1 aromatic carbocycles. The number of benzene rings is 1. The second kappa shape index (κ2) is 8.37. The summed E-state index contributed by atoms with van der Waals surface area (Å²) in [6.45, 7) is 8.70. The molecule has 21 heavy (non-hydrogen) atoms. The summed E-state index contributed by atoms with van der Waals surface area (Å²) < 4.78 is 11.6. The summed E-state index contributed by atoms with van der Waals surface area (Å²) in [6.07, 6.45) is 1.27. The van der Waals surface area contributed by atoms with Gasteiger partial charge in [0.05, 0.1) is 6.61 Å². The van der Waals surface area contributed by atoms with Gasteiger partial charge in [0.2, 0.25) is 0 Å². The summed E-state index contributed by atoms with van der Waals surface area (Å²) >= 11 is 0. The van der Waals surface area contributed by atoms with Crippen molar-refractivity contribution in [3.8, 4) is 5.75 Å². The van der Waals surface area contributed by atoms with E-state index in [1.165, 1.54) is 5.56 Å². The van der Waals surface area contributed by atoms with Crippen molar-refractivity contribution < 1.29 is 9.47 Å². The minimum absolute atomic E-state index is 0.175. The molecule has 0 bridgehead atoms. The van der Waals surface area contributed by atoms with E-state index in [9.17, 15) is 0 Å². The second-order valence-electron chi connectivity index (χ2n) is 5.65. The Morgan fingerprint density at radius 1 is 1.33 bits per heavy atom. The van der Waals surface area contributed by atoms with Gasteiger partial charge in [-0.15, -0.1) is 0 Å². The van der Waals surface area contributed by atoms with E-state index in [1.807, 2.05) is 0 Å². The Balaban J connectivity index is 1.84. The third kappa shape index (κ3) is 4.99. The maximum Gasteiger partial charge on any atom is 0.119 e. The molecule has 0 radical (unpaired) electrons. The molecule has 1 heterocycles. The zero-order chi connectivity index (χ0) is 15.1. The molecule has 2 unspecified atom stereocenters. The molecule has 1 aromatic rings. The quantitative estimate of drug-likeness (QED) is 0.837. The largest absolute Gasteiger partial charge is 0.491 e. The number of morpholine rings is 1. The molecular weight excluding hydrogens is 264 g/mol. The van der Waals surface area contributed by atoms with Gasteiger partial charge in [0.1, 0.15) is 18.5 Å². The zero-order valence-electron chi connectivity index (χ0n) is 13.5. The van der Waals surface area contributed by atoms with Crippen LogP contribution in [0.5, 0.6) is 5.75 Å². The van der Waals surface area contributed by atoms with E-state index in [1.54, 1.807) is 0 Å². The van der Waals surface area contributed by atoms with Crippen molar-refractivity contribution in [2.45, 2.75) is 32.4 Å². The molecule has 0 spiro atoms. The van der Waals surface area contributed by atoms with Gasteiger partial charge in [-0.2, -0.15) is 0 Å². The highest BCUT2D eigenvalue weighted by molar-refractivity contribution is 5.29. The topological polar surface area (TPSA) is 33.7 Å². The first-order chi connectivity index (χ1) is 10.2. The summed E-state index contributed by atoms with van der Waals surface area (Å²) in [5.74, 6) is 0.918. The molecule has 0 aromatic heterocycles. The Bertz CT molecular complexity index is 408. The molecule has 0 aliphatic carbocycles. The Morgan fingerprint density at radius 2 is 2.10 bits per heavy atom. The summed E-state index contributed by atoms with van der Waals surface area (Å²) in [5, 5.41) is 3.49. The number of hydrogen-bond donors (Lipinski definition) is 1. The van der Waals surface area contributed by atoms with Gasteiger partial charge in [-0.1, -0.05) is 26.0 Å². The molecule has 0 saturated carbocycles. The van der Waals surface area contributed by atoms with E-state index < -0.39 is 0 Å². The Morgan fingerprint density at radius 3 is 2.71 bits per heavy atom. The highest BCUT2D eigenvalue weighted by Gasteiger charge is 2.18. The van der Waals surface area contributed by atoms with Crippen LogP contribution in [0, 0.1) is 0 Å². The lowest BCUT2D eigenvalue weighted by molar-refractivity contribution is -0.0403. The summed E-state index contributed by atoms with van der Waals surface area (Å²) in [6, 6.07) is 8.85. The molecule has 1 aliphatic rings. The third-order valence-electron chi connectivity index (χ3n) is 3.92. The van der Waals surface area contributed by atoms with Crippen molar-refractivity contribution >= 4 is 0 Å². The number of hydrogen-bond acceptors (Lipinski definition) is 4. The van der Waals surface area contributed by atoms with Crippen molar-refractivity contribution in [3.63, 3.8) is 0 Å². The highest BCUT2D eigenvalue weighted by Crippen LogP contribution is 2.20. The predicted molar refractivity (Wildman–Crippen MR) is 85.9 cm³/mol. The molecule has 1 N–H and O–H groups in total. The van der Waals surface area contributed by atoms with E-state index >= 15 is 0 Å². The van der Waals surface area contributed by atoms with Gasteiger partial charge in [-0.25, -0.2) is 0 Å². The van der Waals surface area contributed by atoms with E-state index in [2.05, 4.69) is 55.4 Å². The normalized spacial score (nSPS) is 21.2. The lowest BCUT2D eigenvalue weighted by Crippen LogP contribution is -2.42. The van der Waals surface area contributed by atoms with Crippen LogP contribution >= 0.6 is 0 Å².